The van der Waals surface area contributed by atoms with E-state index in [0.29, 0.717) is 0 Å². The van der Waals surface area contributed by atoms with Gasteiger partial charge in [0.15, 0.2) is 0 Å². The van der Waals surface area contributed by atoms with Crippen LogP contribution in [0.3, 0.4) is 0 Å². The molecule has 0 bridgehead atoms. The Morgan fingerprint density at radius 2 is 1.27 bits per heavy atom. The summed E-state index contributed by atoms with van der Waals surface area (Å²) in [5, 5.41) is 0. The molecule has 0 spiro atoms. The molecule has 0 N–H and O–H groups in total. The smallest absolute Gasteiger partial charge is 0.228 e. The number of nitrogens with zero attached hydrogens (tertiary/aromatic N) is 1. The Kier molecular flexibility index (Phi) is 6.86. The molecular formula is C26H27NOS2. The van der Waals surface area contributed by atoms with Gasteiger partial charge in [0.1, 0.15) is 0 Å². The summed E-state index contributed by atoms with van der Waals surface area (Å²) in [6.45, 7) is 4.29. The van der Waals surface area contributed by atoms with Gasteiger partial charge in [-0.25, -0.2) is 0 Å². The minimum atomic E-state index is 0.0711. The quantitative estimate of drug-likeness (QED) is 0.219. The normalized spacial score (nSPS) is 19.6. The molecule has 0 aromatic heterocycles. The molecule has 0 saturated carbocycles. The fourth-order valence-electron chi connectivity index (χ4n) is 4.10. The van der Waals surface area contributed by atoms with Crippen molar-refractivity contribution in [3.63, 3.8) is 0 Å². The molecule has 0 aliphatic carbocycles. The predicted molar refractivity (Wildman–Crippen MR) is 128 cm³/mol. The minimum absolute atomic E-state index is 0.0711. The van der Waals surface area contributed by atoms with Crippen LogP contribution in [0.1, 0.15) is 31.9 Å². The van der Waals surface area contributed by atoms with Crippen LogP contribution in [0.2, 0.25) is 0 Å². The van der Waals surface area contributed by atoms with Crippen molar-refractivity contribution in [2.45, 2.75) is 46.7 Å². The maximum atomic E-state index is 13.1. The molecule has 3 aromatic rings. The molecule has 1 amide bonds. The van der Waals surface area contributed by atoms with E-state index in [0.717, 1.165) is 6.42 Å². The molecule has 30 heavy (non-hydrogen) atoms. The summed E-state index contributed by atoms with van der Waals surface area (Å²) < 4.78 is 0.226. The first kappa shape index (κ1) is 21.1. The lowest BCUT2D eigenvalue weighted by Crippen LogP contribution is -2.64. The first-order chi connectivity index (χ1) is 14.7. The molecule has 1 aliphatic rings. The van der Waals surface area contributed by atoms with Crippen molar-refractivity contribution in [1.82, 2.24) is 4.90 Å². The van der Waals surface area contributed by atoms with Gasteiger partial charge in [0.2, 0.25) is 5.91 Å². The molecule has 0 unspecified atom stereocenters. The fourth-order valence-corrected chi connectivity index (χ4v) is 7.05. The number of carbonyl (C=O) groups excluding carboxylic acids is 1. The molecule has 154 valence electrons. The van der Waals surface area contributed by atoms with Crippen LogP contribution in [-0.2, 0) is 4.79 Å². The van der Waals surface area contributed by atoms with Gasteiger partial charge in [-0.05, 0) is 43.2 Å². The van der Waals surface area contributed by atoms with Gasteiger partial charge in [-0.3, -0.25) is 4.79 Å². The second-order valence-corrected chi connectivity index (χ2v) is 10.3. The summed E-state index contributed by atoms with van der Waals surface area (Å²) in [4.78, 5) is 17.7. The van der Waals surface area contributed by atoms with Gasteiger partial charge in [-0.2, -0.15) is 0 Å². The largest absolute Gasteiger partial charge is 0.330 e. The summed E-state index contributed by atoms with van der Waals surface area (Å²) in [6, 6.07) is 31.7. The van der Waals surface area contributed by atoms with E-state index in [4.69, 9.17) is 0 Å². The number of amides is 1. The number of likely N-dealkylation sites (tertiary alicyclic amines) is 1. The highest BCUT2D eigenvalue weighted by molar-refractivity contribution is 8.17. The zero-order valence-electron chi connectivity index (χ0n) is 17.3. The third-order valence-corrected chi connectivity index (χ3v) is 8.40. The van der Waals surface area contributed by atoms with Crippen molar-refractivity contribution in [3.8, 4) is 0 Å². The first-order valence-corrected chi connectivity index (χ1v) is 12.3. The van der Waals surface area contributed by atoms with Gasteiger partial charge in [-0.1, -0.05) is 73.7 Å². The average Bonchev–Trinajstić information content (AvgIpc) is 2.79. The van der Waals surface area contributed by atoms with Crippen molar-refractivity contribution in [3.05, 3.63) is 96.6 Å². The molecular weight excluding hydrogens is 406 g/mol. The Labute approximate surface area is 188 Å². The van der Waals surface area contributed by atoms with E-state index in [1.807, 2.05) is 29.6 Å². The Morgan fingerprint density at radius 1 is 0.800 bits per heavy atom. The van der Waals surface area contributed by atoms with Crippen molar-refractivity contribution in [2.24, 2.45) is 5.92 Å². The number of carbonyl (C=O) groups is 1. The second kappa shape index (κ2) is 9.76. The van der Waals surface area contributed by atoms with Gasteiger partial charge >= 0.3 is 0 Å². The van der Waals surface area contributed by atoms with Crippen molar-refractivity contribution >= 4 is 29.4 Å². The van der Waals surface area contributed by atoms with Gasteiger partial charge in [-0.15, -0.1) is 23.5 Å². The molecule has 0 radical (unpaired) electrons. The van der Waals surface area contributed by atoms with E-state index < -0.39 is 0 Å². The zero-order chi connectivity index (χ0) is 20.9. The molecule has 4 heteroatoms. The van der Waals surface area contributed by atoms with E-state index in [1.165, 1.54) is 15.4 Å². The van der Waals surface area contributed by atoms with Crippen LogP contribution < -0.4 is 0 Å². The average molecular weight is 434 g/mol. The molecule has 4 rings (SSSR count). The molecule has 1 heterocycles. The number of benzene rings is 3. The van der Waals surface area contributed by atoms with Crippen LogP contribution in [0.5, 0.6) is 0 Å². The summed E-state index contributed by atoms with van der Waals surface area (Å²) in [5.41, 5.74) is 1.19. The number of hydrogen-bond acceptors (Lipinski definition) is 3. The molecule has 1 aliphatic heterocycles. The van der Waals surface area contributed by atoms with Crippen LogP contribution in [0.25, 0.3) is 0 Å². The highest BCUT2D eigenvalue weighted by Crippen LogP contribution is 2.48. The molecule has 1 fully saturated rings. The lowest BCUT2D eigenvalue weighted by atomic mass is 9.83. The zero-order valence-corrected chi connectivity index (χ0v) is 19.0. The fraction of sp³-hybridized carbons (Fsp3) is 0.269. The van der Waals surface area contributed by atoms with Crippen LogP contribution >= 0.6 is 23.5 Å². The Hall–Kier alpha value is -2.17. The summed E-state index contributed by atoms with van der Waals surface area (Å²) >= 11 is 3.75. The third-order valence-electron chi connectivity index (χ3n) is 5.71. The Morgan fingerprint density at radius 3 is 1.73 bits per heavy atom. The lowest BCUT2D eigenvalue weighted by molar-refractivity contribution is -0.159. The maximum Gasteiger partial charge on any atom is 0.228 e. The predicted octanol–water partition coefficient (Wildman–Crippen LogP) is 6.90. The summed E-state index contributed by atoms with van der Waals surface area (Å²) in [7, 11) is 0. The SMILES string of the molecule is CC[C@H]1C(=O)N([C@@H](C)c2ccccc2)[C@@H]1C(Sc1ccccc1)Sc1ccccc1. The van der Waals surface area contributed by atoms with Gasteiger partial charge in [0.05, 0.1) is 22.6 Å². The molecule has 3 aromatic carbocycles. The highest BCUT2D eigenvalue weighted by Gasteiger charge is 2.52. The van der Waals surface area contributed by atoms with Crippen molar-refractivity contribution in [2.75, 3.05) is 0 Å². The van der Waals surface area contributed by atoms with E-state index in [-0.39, 0.29) is 28.5 Å². The standard InChI is InChI=1S/C26H27NOS2/c1-3-23-24(27(25(23)28)19(2)20-13-7-4-8-14-20)26(29-21-15-9-5-10-16-21)30-22-17-11-6-12-18-22/h4-19,23-24,26H,3H2,1-2H3/t19-,23+,24-/m0/s1. The van der Waals surface area contributed by atoms with Gasteiger partial charge in [0.25, 0.3) is 0 Å². The van der Waals surface area contributed by atoms with E-state index in [2.05, 4.69) is 104 Å². The number of hydrogen-bond donors (Lipinski definition) is 0. The van der Waals surface area contributed by atoms with E-state index >= 15 is 0 Å². The number of rotatable bonds is 8. The molecule has 1 saturated heterocycles. The van der Waals surface area contributed by atoms with E-state index in [1.54, 1.807) is 0 Å². The first-order valence-electron chi connectivity index (χ1n) is 10.5. The van der Waals surface area contributed by atoms with Crippen molar-refractivity contribution in [1.29, 1.82) is 0 Å². The van der Waals surface area contributed by atoms with Crippen LogP contribution in [0.15, 0.2) is 101 Å². The monoisotopic (exact) mass is 433 g/mol. The van der Waals surface area contributed by atoms with Crippen LogP contribution in [0, 0.1) is 5.92 Å². The topological polar surface area (TPSA) is 20.3 Å². The third kappa shape index (κ3) is 4.45. The maximum absolute atomic E-state index is 13.1. The number of β-lactam (4-membered cyclic amide) rings is 1. The number of thioether (sulfide) groups is 2. The Bertz CT molecular complexity index is 907. The Balaban J connectivity index is 1.65. The van der Waals surface area contributed by atoms with Gasteiger partial charge < -0.3 is 4.90 Å². The molecule has 3 atom stereocenters. The van der Waals surface area contributed by atoms with Gasteiger partial charge in [0, 0.05) is 9.79 Å². The van der Waals surface area contributed by atoms with E-state index in [9.17, 15) is 4.79 Å². The van der Waals surface area contributed by atoms with Crippen molar-refractivity contribution < 1.29 is 4.79 Å². The summed E-state index contributed by atoms with van der Waals surface area (Å²) in [5.74, 6) is 0.361. The van der Waals surface area contributed by atoms with Crippen LogP contribution in [0.4, 0.5) is 0 Å². The lowest BCUT2D eigenvalue weighted by Gasteiger charge is -2.53. The van der Waals surface area contributed by atoms with Crippen LogP contribution in [-0.4, -0.2) is 21.4 Å². The highest BCUT2D eigenvalue weighted by atomic mass is 32.2. The minimum Gasteiger partial charge on any atom is -0.330 e. The summed E-state index contributed by atoms with van der Waals surface area (Å²) in [6.07, 6.45) is 0.878. The second-order valence-electron chi connectivity index (χ2n) is 7.57. The molecule has 2 nitrogen and oxygen atoms in total.